The van der Waals surface area contributed by atoms with Gasteiger partial charge in [-0.3, -0.25) is 0 Å². The number of halogens is 4. The third-order valence-electron chi connectivity index (χ3n) is 3.71. The third kappa shape index (κ3) is 2.91. The molecule has 0 radical (unpaired) electrons. The Morgan fingerprint density at radius 2 is 1.84 bits per heavy atom. The standard InChI is InChI=1S/C13H16ClF3N2/c1-8-10(18)2-3-11(12(8)14)19-6-4-9(5-7-19)13(15,16)17/h2-3,9H,4-7,18H2,1H3. The molecule has 0 aromatic heterocycles. The van der Waals surface area contributed by atoms with E-state index < -0.39 is 12.1 Å². The van der Waals surface area contributed by atoms with Gasteiger partial charge in [-0.05, 0) is 37.5 Å². The maximum atomic E-state index is 12.6. The third-order valence-corrected chi connectivity index (χ3v) is 4.18. The van der Waals surface area contributed by atoms with E-state index in [0.717, 1.165) is 11.3 Å². The number of rotatable bonds is 1. The predicted molar refractivity (Wildman–Crippen MR) is 71.6 cm³/mol. The molecule has 1 aromatic rings. The summed E-state index contributed by atoms with van der Waals surface area (Å²) in [7, 11) is 0. The van der Waals surface area contributed by atoms with Crippen molar-refractivity contribution in [3.63, 3.8) is 0 Å². The molecular formula is C13H16ClF3N2. The minimum Gasteiger partial charge on any atom is -0.398 e. The molecule has 0 amide bonds. The van der Waals surface area contributed by atoms with E-state index in [1.165, 1.54) is 0 Å². The number of nitrogens with zero attached hydrogens (tertiary/aromatic N) is 1. The first-order valence-corrected chi connectivity index (χ1v) is 6.54. The smallest absolute Gasteiger partial charge is 0.391 e. The molecule has 2 rings (SSSR count). The van der Waals surface area contributed by atoms with Crippen LogP contribution in [0.5, 0.6) is 0 Å². The van der Waals surface area contributed by atoms with Crippen LogP contribution in [0.4, 0.5) is 24.5 Å². The monoisotopic (exact) mass is 292 g/mol. The van der Waals surface area contributed by atoms with Gasteiger partial charge in [-0.25, -0.2) is 0 Å². The minimum absolute atomic E-state index is 0.114. The molecule has 0 atom stereocenters. The van der Waals surface area contributed by atoms with Crippen molar-refractivity contribution in [2.24, 2.45) is 5.92 Å². The first-order valence-electron chi connectivity index (χ1n) is 6.17. The van der Waals surface area contributed by atoms with Gasteiger partial charge in [-0.1, -0.05) is 11.6 Å². The number of anilines is 2. The van der Waals surface area contributed by atoms with Gasteiger partial charge in [0.2, 0.25) is 0 Å². The highest BCUT2D eigenvalue weighted by molar-refractivity contribution is 6.34. The van der Waals surface area contributed by atoms with Gasteiger partial charge in [0.15, 0.2) is 0 Å². The van der Waals surface area contributed by atoms with Gasteiger partial charge < -0.3 is 10.6 Å². The van der Waals surface area contributed by atoms with Gasteiger partial charge in [0.1, 0.15) is 0 Å². The highest BCUT2D eigenvalue weighted by Gasteiger charge is 2.41. The molecule has 0 bridgehead atoms. The summed E-state index contributed by atoms with van der Waals surface area (Å²) in [5.74, 6) is -1.20. The van der Waals surface area contributed by atoms with Crippen LogP contribution in [0.15, 0.2) is 12.1 Å². The van der Waals surface area contributed by atoms with E-state index in [4.69, 9.17) is 17.3 Å². The van der Waals surface area contributed by atoms with Crippen LogP contribution in [0.25, 0.3) is 0 Å². The second kappa shape index (κ2) is 5.12. The highest BCUT2D eigenvalue weighted by atomic mass is 35.5. The van der Waals surface area contributed by atoms with Gasteiger partial charge in [0, 0.05) is 18.8 Å². The number of hydrogen-bond acceptors (Lipinski definition) is 2. The van der Waals surface area contributed by atoms with E-state index in [-0.39, 0.29) is 12.8 Å². The van der Waals surface area contributed by atoms with Gasteiger partial charge in [0.05, 0.1) is 16.6 Å². The molecule has 106 valence electrons. The Labute approximate surface area is 115 Å². The normalized spacial score (nSPS) is 17.8. The Morgan fingerprint density at radius 3 is 2.37 bits per heavy atom. The summed E-state index contributed by atoms with van der Waals surface area (Å²) in [5, 5.41) is 0.533. The zero-order chi connectivity index (χ0) is 14.2. The van der Waals surface area contributed by atoms with Crippen LogP contribution in [0, 0.1) is 12.8 Å². The highest BCUT2D eigenvalue weighted by Crippen LogP contribution is 2.38. The number of piperidine rings is 1. The summed E-state index contributed by atoms with van der Waals surface area (Å²) in [4.78, 5) is 1.90. The van der Waals surface area contributed by atoms with E-state index in [0.29, 0.717) is 23.8 Å². The summed E-state index contributed by atoms with van der Waals surface area (Å²) in [6.45, 7) is 2.55. The maximum absolute atomic E-state index is 12.6. The van der Waals surface area contributed by atoms with E-state index in [9.17, 15) is 13.2 Å². The fraction of sp³-hybridized carbons (Fsp3) is 0.538. The molecular weight excluding hydrogens is 277 g/mol. The van der Waals surface area contributed by atoms with Crippen molar-refractivity contribution >= 4 is 23.0 Å². The molecule has 0 saturated carbocycles. The predicted octanol–water partition coefficient (Wildman–Crippen LogP) is 4.01. The number of nitrogen functional groups attached to an aromatic ring is 1. The van der Waals surface area contributed by atoms with Gasteiger partial charge in [-0.15, -0.1) is 0 Å². The lowest BCUT2D eigenvalue weighted by molar-refractivity contribution is -0.179. The van der Waals surface area contributed by atoms with Crippen molar-refractivity contribution in [3.05, 3.63) is 22.7 Å². The first kappa shape index (κ1) is 14.3. The average Bonchev–Trinajstić information content (AvgIpc) is 2.35. The van der Waals surface area contributed by atoms with Crippen molar-refractivity contribution in [2.45, 2.75) is 25.9 Å². The van der Waals surface area contributed by atoms with Gasteiger partial charge >= 0.3 is 6.18 Å². The summed E-state index contributed by atoms with van der Waals surface area (Å²) in [5.41, 5.74) is 7.89. The maximum Gasteiger partial charge on any atom is 0.391 e. The zero-order valence-corrected chi connectivity index (χ0v) is 11.4. The lowest BCUT2D eigenvalue weighted by Crippen LogP contribution is -2.39. The van der Waals surface area contributed by atoms with E-state index in [1.807, 2.05) is 11.8 Å². The molecule has 1 aliphatic heterocycles. The van der Waals surface area contributed by atoms with Crippen LogP contribution < -0.4 is 10.6 Å². The van der Waals surface area contributed by atoms with E-state index in [1.54, 1.807) is 12.1 Å². The number of hydrogen-bond donors (Lipinski definition) is 1. The van der Waals surface area contributed by atoms with Crippen molar-refractivity contribution in [1.29, 1.82) is 0 Å². The summed E-state index contributed by atoms with van der Waals surface area (Å²) in [6.07, 6.45) is -3.86. The number of alkyl halides is 3. The second-order valence-corrected chi connectivity index (χ2v) is 5.29. The van der Waals surface area contributed by atoms with Crippen molar-refractivity contribution in [3.8, 4) is 0 Å². The van der Waals surface area contributed by atoms with Crippen LogP contribution in [0.3, 0.4) is 0 Å². The van der Waals surface area contributed by atoms with Crippen LogP contribution in [-0.2, 0) is 0 Å². The van der Waals surface area contributed by atoms with Gasteiger partial charge in [-0.2, -0.15) is 13.2 Å². The quantitative estimate of drug-likeness (QED) is 0.793. The lowest BCUT2D eigenvalue weighted by Gasteiger charge is -2.35. The molecule has 2 N–H and O–H groups in total. The summed E-state index contributed by atoms with van der Waals surface area (Å²) < 4.78 is 37.8. The van der Waals surface area contributed by atoms with E-state index >= 15 is 0 Å². The lowest BCUT2D eigenvalue weighted by atomic mass is 9.95. The Morgan fingerprint density at radius 1 is 1.26 bits per heavy atom. The molecule has 6 heteroatoms. The molecule has 1 saturated heterocycles. The van der Waals surface area contributed by atoms with Crippen LogP contribution in [0.2, 0.25) is 5.02 Å². The van der Waals surface area contributed by atoms with Crippen LogP contribution in [-0.4, -0.2) is 19.3 Å². The topological polar surface area (TPSA) is 29.3 Å². The van der Waals surface area contributed by atoms with Crippen LogP contribution >= 0.6 is 11.6 Å². The Balaban J connectivity index is 2.12. The molecule has 0 aliphatic carbocycles. The fourth-order valence-corrected chi connectivity index (χ4v) is 2.67. The summed E-state index contributed by atoms with van der Waals surface area (Å²) >= 11 is 6.21. The zero-order valence-electron chi connectivity index (χ0n) is 10.6. The van der Waals surface area contributed by atoms with Crippen molar-refractivity contribution in [2.75, 3.05) is 23.7 Å². The Hall–Kier alpha value is -1.10. The molecule has 1 aromatic carbocycles. The van der Waals surface area contributed by atoms with Crippen LogP contribution in [0.1, 0.15) is 18.4 Å². The Kier molecular flexibility index (Phi) is 3.85. The molecule has 1 heterocycles. The molecule has 0 spiro atoms. The summed E-state index contributed by atoms with van der Waals surface area (Å²) in [6, 6.07) is 3.52. The minimum atomic E-state index is -4.09. The SMILES string of the molecule is Cc1c(N)ccc(N2CCC(C(F)(F)F)CC2)c1Cl. The number of nitrogens with two attached hydrogens (primary N) is 1. The average molecular weight is 293 g/mol. The second-order valence-electron chi connectivity index (χ2n) is 4.92. The largest absolute Gasteiger partial charge is 0.398 e. The molecule has 1 aliphatic rings. The van der Waals surface area contributed by atoms with E-state index in [2.05, 4.69) is 0 Å². The number of benzene rings is 1. The molecule has 2 nitrogen and oxygen atoms in total. The van der Waals surface area contributed by atoms with Gasteiger partial charge in [0.25, 0.3) is 0 Å². The molecule has 0 unspecified atom stereocenters. The van der Waals surface area contributed by atoms with Crippen molar-refractivity contribution in [1.82, 2.24) is 0 Å². The Bertz CT molecular complexity index is 466. The van der Waals surface area contributed by atoms with Crippen molar-refractivity contribution < 1.29 is 13.2 Å². The molecule has 1 fully saturated rings. The molecule has 19 heavy (non-hydrogen) atoms. The first-order chi connectivity index (χ1) is 8.80. The fourth-order valence-electron chi connectivity index (χ4n) is 2.38.